The van der Waals surface area contributed by atoms with Gasteiger partial charge < -0.3 is 5.11 Å². The zero-order valence-electron chi connectivity index (χ0n) is 9.71. The van der Waals surface area contributed by atoms with Crippen molar-refractivity contribution in [2.75, 3.05) is 12.4 Å². The lowest BCUT2D eigenvalue weighted by Gasteiger charge is -2.07. The molecule has 0 aliphatic carbocycles. The summed E-state index contributed by atoms with van der Waals surface area (Å²) >= 11 is 1.64. The minimum atomic E-state index is 0.0924. The highest BCUT2D eigenvalue weighted by molar-refractivity contribution is 7.99. The molecule has 4 nitrogen and oxygen atoms in total. The molecule has 0 bridgehead atoms. The van der Waals surface area contributed by atoms with E-state index in [-0.39, 0.29) is 6.61 Å². The van der Waals surface area contributed by atoms with E-state index in [9.17, 15) is 0 Å². The molecule has 0 amide bonds. The van der Waals surface area contributed by atoms with E-state index in [2.05, 4.69) is 17.1 Å². The zero-order valence-corrected chi connectivity index (χ0v) is 10.5. The van der Waals surface area contributed by atoms with Gasteiger partial charge in [-0.1, -0.05) is 49.0 Å². The molecular weight excluding hydrogens is 234 g/mol. The molecule has 0 saturated carbocycles. The molecular formula is C12H15N3OS. The van der Waals surface area contributed by atoms with Crippen molar-refractivity contribution in [3.8, 4) is 11.4 Å². The Morgan fingerprint density at radius 1 is 1.24 bits per heavy atom. The van der Waals surface area contributed by atoms with E-state index < -0.39 is 0 Å². The van der Waals surface area contributed by atoms with Crippen molar-refractivity contribution in [3.63, 3.8) is 0 Å². The molecule has 0 fully saturated rings. The van der Waals surface area contributed by atoms with Crippen molar-refractivity contribution >= 4 is 11.8 Å². The summed E-state index contributed by atoms with van der Waals surface area (Å²) in [6.45, 7) is 2.69. The van der Waals surface area contributed by atoms with Crippen LogP contribution in [0.5, 0.6) is 0 Å². The molecule has 0 radical (unpaired) electrons. The average molecular weight is 249 g/mol. The Hall–Kier alpha value is -1.33. The molecule has 2 rings (SSSR count). The number of rotatable bonds is 5. The van der Waals surface area contributed by atoms with Crippen molar-refractivity contribution in [2.45, 2.75) is 18.6 Å². The molecule has 2 aromatic rings. The number of nitrogens with zero attached hydrogens (tertiary/aromatic N) is 3. The first-order valence-electron chi connectivity index (χ1n) is 5.59. The van der Waals surface area contributed by atoms with Gasteiger partial charge in [-0.3, -0.25) is 4.57 Å². The number of thioether (sulfide) groups is 1. The Bertz CT molecular complexity index is 470. The Morgan fingerprint density at radius 2 is 2.00 bits per heavy atom. The second-order valence-corrected chi connectivity index (χ2v) is 4.71. The number of aliphatic hydroxyl groups is 1. The van der Waals surface area contributed by atoms with Gasteiger partial charge in [-0.15, -0.1) is 10.2 Å². The molecule has 17 heavy (non-hydrogen) atoms. The van der Waals surface area contributed by atoms with Crippen molar-refractivity contribution in [2.24, 2.45) is 0 Å². The first-order valence-corrected chi connectivity index (χ1v) is 6.57. The second-order valence-electron chi connectivity index (χ2n) is 3.48. The smallest absolute Gasteiger partial charge is 0.191 e. The fourth-order valence-electron chi connectivity index (χ4n) is 1.63. The molecule has 0 aliphatic heterocycles. The summed E-state index contributed by atoms with van der Waals surface area (Å²) < 4.78 is 1.96. The highest BCUT2D eigenvalue weighted by Gasteiger charge is 2.12. The number of benzene rings is 1. The van der Waals surface area contributed by atoms with Crippen LogP contribution >= 0.6 is 11.8 Å². The van der Waals surface area contributed by atoms with Gasteiger partial charge in [0.1, 0.15) is 0 Å². The van der Waals surface area contributed by atoms with Gasteiger partial charge in [0.2, 0.25) is 0 Å². The van der Waals surface area contributed by atoms with Crippen molar-refractivity contribution < 1.29 is 5.11 Å². The molecule has 1 N–H and O–H groups in total. The van der Waals surface area contributed by atoms with E-state index in [0.29, 0.717) is 6.54 Å². The minimum absolute atomic E-state index is 0.0924. The largest absolute Gasteiger partial charge is 0.395 e. The van der Waals surface area contributed by atoms with Crippen LogP contribution in [0.4, 0.5) is 0 Å². The topological polar surface area (TPSA) is 50.9 Å². The lowest BCUT2D eigenvalue weighted by molar-refractivity contribution is 0.272. The highest BCUT2D eigenvalue weighted by Crippen LogP contribution is 2.23. The van der Waals surface area contributed by atoms with E-state index in [1.54, 1.807) is 11.8 Å². The van der Waals surface area contributed by atoms with E-state index >= 15 is 0 Å². The highest BCUT2D eigenvalue weighted by atomic mass is 32.2. The van der Waals surface area contributed by atoms with Gasteiger partial charge in [-0.25, -0.2) is 0 Å². The fraction of sp³-hybridized carbons (Fsp3) is 0.333. The van der Waals surface area contributed by atoms with E-state index in [4.69, 9.17) is 5.11 Å². The van der Waals surface area contributed by atoms with Crippen molar-refractivity contribution in [1.82, 2.24) is 14.8 Å². The lowest BCUT2D eigenvalue weighted by Crippen LogP contribution is -2.05. The SMILES string of the molecule is CCSc1nnc(-c2ccccc2)n1CCO. The van der Waals surface area contributed by atoms with Crippen molar-refractivity contribution in [3.05, 3.63) is 30.3 Å². The Labute approximate surface area is 105 Å². The first-order chi connectivity index (χ1) is 8.36. The van der Waals surface area contributed by atoms with Crippen LogP contribution in [0.3, 0.4) is 0 Å². The second kappa shape index (κ2) is 5.84. The monoisotopic (exact) mass is 249 g/mol. The number of aliphatic hydroxyl groups excluding tert-OH is 1. The van der Waals surface area contributed by atoms with E-state index in [1.165, 1.54) is 0 Å². The maximum Gasteiger partial charge on any atom is 0.191 e. The summed E-state index contributed by atoms with van der Waals surface area (Å²) in [5.74, 6) is 1.76. The van der Waals surface area contributed by atoms with Gasteiger partial charge >= 0.3 is 0 Å². The van der Waals surface area contributed by atoms with Crippen LogP contribution in [-0.2, 0) is 6.54 Å². The van der Waals surface area contributed by atoms with Gasteiger partial charge in [0.05, 0.1) is 6.61 Å². The predicted octanol–water partition coefficient (Wildman–Crippen LogP) is 2.05. The molecule has 90 valence electrons. The normalized spacial score (nSPS) is 10.7. The molecule has 0 unspecified atom stereocenters. The summed E-state index contributed by atoms with van der Waals surface area (Å²) in [7, 11) is 0. The van der Waals surface area contributed by atoms with Gasteiger partial charge in [-0.05, 0) is 5.75 Å². The maximum absolute atomic E-state index is 9.12. The van der Waals surface area contributed by atoms with Crippen molar-refractivity contribution in [1.29, 1.82) is 0 Å². The fourth-order valence-corrected chi connectivity index (χ4v) is 2.32. The number of aromatic nitrogens is 3. The third-order valence-corrected chi connectivity index (χ3v) is 3.19. The molecule has 1 aromatic carbocycles. The van der Waals surface area contributed by atoms with Crippen LogP contribution in [-0.4, -0.2) is 32.2 Å². The number of hydrogen-bond donors (Lipinski definition) is 1. The summed E-state index contributed by atoms with van der Waals surface area (Å²) in [4.78, 5) is 0. The lowest BCUT2D eigenvalue weighted by atomic mass is 10.2. The zero-order chi connectivity index (χ0) is 12.1. The van der Waals surface area contributed by atoms with E-state index in [1.807, 2.05) is 34.9 Å². The third kappa shape index (κ3) is 2.68. The Morgan fingerprint density at radius 3 is 2.65 bits per heavy atom. The van der Waals surface area contributed by atoms with Crippen LogP contribution in [0.2, 0.25) is 0 Å². The van der Waals surface area contributed by atoms with Gasteiger partial charge in [-0.2, -0.15) is 0 Å². The first kappa shape index (κ1) is 12.1. The van der Waals surface area contributed by atoms with Gasteiger partial charge in [0, 0.05) is 12.1 Å². The molecule has 0 spiro atoms. The van der Waals surface area contributed by atoms with E-state index in [0.717, 1.165) is 22.3 Å². The van der Waals surface area contributed by atoms with Gasteiger partial charge in [0.15, 0.2) is 11.0 Å². The molecule has 0 atom stereocenters. The summed E-state index contributed by atoms with van der Waals surface area (Å²) in [6.07, 6.45) is 0. The summed E-state index contributed by atoms with van der Waals surface area (Å²) in [5.41, 5.74) is 1.02. The molecule has 1 heterocycles. The average Bonchev–Trinajstić information content (AvgIpc) is 2.75. The maximum atomic E-state index is 9.12. The number of hydrogen-bond acceptors (Lipinski definition) is 4. The summed E-state index contributed by atoms with van der Waals surface area (Å²) in [6, 6.07) is 9.91. The molecule has 0 aliphatic rings. The van der Waals surface area contributed by atoms with Crippen LogP contribution in [0.25, 0.3) is 11.4 Å². The molecule has 1 aromatic heterocycles. The third-order valence-electron chi connectivity index (χ3n) is 2.35. The predicted molar refractivity (Wildman–Crippen MR) is 68.9 cm³/mol. The van der Waals surface area contributed by atoms with Gasteiger partial charge in [0.25, 0.3) is 0 Å². The molecule has 5 heteroatoms. The Balaban J connectivity index is 2.40. The minimum Gasteiger partial charge on any atom is -0.395 e. The quantitative estimate of drug-likeness (QED) is 0.824. The standard InChI is InChI=1S/C12H15N3OS/c1-2-17-12-14-13-11(15(12)8-9-16)10-6-4-3-5-7-10/h3-7,16H,2,8-9H2,1H3. The van der Waals surface area contributed by atoms with Crippen LogP contribution in [0.15, 0.2) is 35.5 Å². The Kier molecular flexibility index (Phi) is 4.17. The summed E-state index contributed by atoms with van der Waals surface area (Å²) in [5, 5.41) is 18.3. The van der Waals surface area contributed by atoms with Crippen LogP contribution < -0.4 is 0 Å². The van der Waals surface area contributed by atoms with Crippen LogP contribution in [0, 0.1) is 0 Å². The molecule has 0 saturated heterocycles. The van der Waals surface area contributed by atoms with Crippen LogP contribution in [0.1, 0.15) is 6.92 Å².